The van der Waals surface area contributed by atoms with Gasteiger partial charge >= 0.3 is 0 Å². The number of aryl methyl sites for hydroxylation is 2. The third-order valence-electron chi connectivity index (χ3n) is 3.84. The van der Waals surface area contributed by atoms with Crippen LogP contribution in [0.5, 0.6) is 5.75 Å². The molecule has 0 fully saturated rings. The minimum Gasteiger partial charge on any atom is -0.508 e. The molecule has 33 heavy (non-hydrogen) atoms. The van der Waals surface area contributed by atoms with E-state index in [1.54, 1.807) is 13.0 Å². The van der Waals surface area contributed by atoms with Crippen molar-refractivity contribution in [3.63, 3.8) is 0 Å². The lowest BCUT2D eigenvalue weighted by molar-refractivity contribution is 0.191. The molecule has 0 heterocycles. The number of hydrogen-bond donors (Lipinski definition) is 3. The van der Waals surface area contributed by atoms with Crippen molar-refractivity contribution in [2.45, 2.75) is 125 Å². The third-order valence-corrected chi connectivity index (χ3v) is 4.27. The standard InChI is InChI=1S/C8H10O.C8H10S.C4H10O.C4H10.2C3H8/c2*1-2-7-5-3-4-6-8(7)9;1-3-4(2)5;1-3-4-2;2*1-3-2/h2*3-6,9H,2H2,1H3;4-5H,3H2,1-2H3;3-4H2,1-2H3;2*3H2,1-2H3. The van der Waals surface area contributed by atoms with Gasteiger partial charge < -0.3 is 10.2 Å². The summed E-state index contributed by atoms with van der Waals surface area (Å²) in [6.45, 7) is 20.7. The molecule has 2 aromatic carbocycles. The van der Waals surface area contributed by atoms with Gasteiger partial charge in [-0.05, 0) is 49.4 Å². The van der Waals surface area contributed by atoms with Crippen LogP contribution in [0.2, 0.25) is 0 Å². The highest BCUT2D eigenvalue weighted by Crippen LogP contribution is 2.15. The van der Waals surface area contributed by atoms with Crippen molar-refractivity contribution < 1.29 is 10.2 Å². The average molecular weight is 481 g/mol. The van der Waals surface area contributed by atoms with Crippen LogP contribution in [-0.2, 0) is 12.8 Å². The van der Waals surface area contributed by atoms with E-state index in [4.69, 9.17) is 10.2 Å². The van der Waals surface area contributed by atoms with Crippen LogP contribution < -0.4 is 0 Å². The Hall–Kier alpha value is -1.45. The minimum atomic E-state index is -0.116. The van der Waals surface area contributed by atoms with E-state index in [0.717, 1.165) is 29.7 Å². The Bertz CT molecular complexity index is 548. The van der Waals surface area contributed by atoms with Gasteiger partial charge in [0.25, 0.3) is 0 Å². The maximum atomic E-state index is 9.11. The maximum absolute atomic E-state index is 9.11. The van der Waals surface area contributed by atoms with Crippen LogP contribution in [0.4, 0.5) is 0 Å². The first kappa shape index (κ1) is 38.8. The van der Waals surface area contributed by atoms with Crippen molar-refractivity contribution in [1.29, 1.82) is 0 Å². The molecule has 0 aliphatic carbocycles. The summed E-state index contributed by atoms with van der Waals surface area (Å²) in [6, 6.07) is 15.5. The van der Waals surface area contributed by atoms with Gasteiger partial charge in [-0.2, -0.15) is 0 Å². The highest BCUT2D eigenvalue weighted by Gasteiger charge is 1.92. The number of phenols is 1. The van der Waals surface area contributed by atoms with E-state index in [1.165, 1.54) is 31.2 Å². The van der Waals surface area contributed by atoms with Gasteiger partial charge in [-0.1, -0.05) is 124 Å². The molecule has 0 aliphatic rings. The second kappa shape index (κ2) is 32.7. The highest BCUT2D eigenvalue weighted by molar-refractivity contribution is 7.80. The van der Waals surface area contributed by atoms with Crippen LogP contribution in [-0.4, -0.2) is 16.3 Å². The molecule has 3 heteroatoms. The summed E-state index contributed by atoms with van der Waals surface area (Å²) in [5.74, 6) is 0.403. The van der Waals surface area contributed by atoms with Crippen molar-refractivity contribution in [1.82, 2.24) is 0 Å². The lowest BCUT2D eigenvalue weighted by Gasteiger charge is -1.97. The van der Waals surface area contributed by atoms with Crippen LogP contribution in [0.1, 0.15) is 112 Å². The van der Waals surface area contributed by atoms with Gasteiger partial charge in [0.15, 0.2) is 0 Å². The first-order valence-electron chi connectivity index (χ1n) is 12.9. The van der Waals surface area contributed by atoms with Gasteiger partial charge in [0, 0.05) is 4.90 Å². The molecule has 0 radical (unpaired) electrons. The predicted molar refractivity (Wildman–Crippen MR) is 155 cm³/mol. The minimum absolute atomic E-state index is 0.116. The smallest absolute Gasteiger partial charge is 0.118 e. The average Bonchev–Trinajstić information content (AvgIpc) is 2.82. The van der Waals surface area contributed by atoms with Crippen molar-refractivity contribution in [2.24, 2.45) is 0 Å². The van der Waals surface area contributed by atoms with E-state index in [2.05, 4.69) is 67.2 Å². The van der Waals surface area contributed by atoms with Crippen LogP contribution in [0.3, 0.4) is 0 Å². The van der Waals surface area contributed by atoms with E-state index in [-0.39, 0.29) is 6.10 Å². The summed E-state index contributed by atoms with van der Waals surface area (Å²) in [4.78, 5) is 1.10. The van der Waals surface area contributed by atoms with Gasteiger partial charge in [-0.25, -0.2) is 0 Å². The van der Waals surface area contributed by atoms with E-state index >= 15 is 0 Å². The highest BCUT2D eigenvalue weighted by atomic mass is 32.1. The Balaban J connectivity index is -0.000000164. The summed E-state index contributed by atoms with van der Waals surface area (Å²) < 4.78 is 0. The van der Waals surface area contributed by atoms with E-state index < -0.39 is 0 Å². The van der Waals surface area contributed by atoms with Crippen molar-refractivity contribution in [2.75, 3.05) is 0 Å². The number of aromatic hydroxyl groups is 1. The van der Waals surface area contributed by atoms with Gasteiger partial charge in [-0.3, -0.25) is 0 Å². The Kier molecular flexibility index (Phi) is 38.5. The number of benzene rings is 2. The number of unbranched alkanes of at least 4 members (excludes halogenated alkanes) is 1. The summed E-state index contributed by atoms with van der Waals surface area (Å²) in [5, 5.41) is 17.5. The quantitative estimate of drug-likeness (QED) is 0.381. The van der Waals surface area contributed by atoms with Crippen molar-refractivity contribution in [3.05, 3.63) is 59.7 Å². The van der Waals surface area contributed by atoms with Gasteiger partial charge in [0.05, 0.1) is 6.10 Å². The summed E-state index contributed by atoms with van der Waals surface area (Å²) in [5.41, 5.74) is 2.33. The molecule has 194 valence electrons. The largest absolute Gasteiger partial charge is 0.508 e. The lowest BCUT2D eigenvalue weighted by Crippen LogP contribution is -1.93. The molecular weight excluding hydrogens is 424 g/mol. The Morgan fingerprint density at radius 3 is 1.21 bits per heavy atom. The zero-order valence-corrected chi connectivity index (χ0v) is 24.4. The fourth-order valence-corrected chi connectivity index (χ4v) is 1.94. The van der Waals surface area contributed by atoms with E-state index in [0.29, 0.717) is 5.75 Å². The maximum Gasteiger partial charge on any atom is 0.118 e. The lowest BCUT2D eigenvalue weighted by atomic mass is 10.1. The van der Waals surface area contributed by atoms with Crippen LogP contribution in [0, 0.1) is 0 Å². The van der Waals surface area contributed by atoms with Crippen molar-refractivity contribution >= 4 is 12.6 Å². The summed E-state index contributed by atoms with van der Waals surface area (Å²) in [7, 11) is 0. The molecule has 0 bridgehead atoms. The van der Waals surface area contributed by atoms with Crippen molar-refractivity contribution in [3.8, 4) is 5.75 Å². The fraction of sp³-hybridized carbons (Fsp3) is 0.600. The van der Waals surface area contributed by atoms with E-state index in [1.807, 2.05) is 50.2 Å². The Morgan fingerprint density at radius 2 is 1.00 bits per heavy atom. The molecule has 0 aromatic heterocycles. The van der Waals surface area contributed by atoms with Gasteiger partial charge in [0.1, 0.15) is 5.75 Å². The fourth-order valence-electron chi connectivity index (χ4n) is 1.62. The molecule has 0 spiro atoms. The molecule has 0 aliphatic heterocycles. The number of rotatable bonds is 4. The SMILES string of the molecule is CCC.CCC.CCC(C)O.CCCC.CCc1ccccc1O.CCc1ccccc1S. The monoisotopic (exact) mass is 480 g/mol. The Morgan fingerprint density at radius 1 is 0.667 bits per heavy atom. The second-order valence-electron chi connectivity index (χ2n) is 7.64. The first-order chi connectivity index (χ1) is 15.7. The molecule has 0 amide bonds. The number of phenolic OH excluding ortho intramolecular Hbond substituents is 1. The molecule has 2 aromatic rings. The zero-order valence-electron chi connectivity index (χ0n) is 23.5. The molecule has 2 N–H and O–H groups in total. The number of thiol groups is 1. The molecular formula is C30H56O2S. The number of hydrogen-bond acceptors (Lipinski definition) is 3. The molecule has 1 unspecified atom stereocenters. The normalized spacial score (nSPS) is 9.45. The number of para-hydroxylation sites is 1. The topological polar surface area (TPSA) is 40.5 Å². The first-order valence-corrected chi connectivity index (χ1v) is 13.4. The van der Waals surface area contributed by atoms with Crippen LogP contribution >= 0.6 is 12.6 Å². The molecule has 2 rings (SSSR count). The number of aliphatic hydroxyl groups excluding tert-OH is 1. The molecule has 0 saturated heterocycles. The molecule has 1 atom stereocenters. The number of aliphatic hydroxyl groups is 1. The summed E-state index contributed by atoms with van der Waals surface area (Å²) >= 11 is 4.28. The van der Waals surface area contributed by atoms with Gasteiger partial charge in [0.2, 0.25) is 0 Å². The Labute approximate surface area is 213 Å². The molecule has 0 saturated carbocycles. The second-order valence-corrected chi connectivity index (χ2v) is 8.12. The third kappa shape index (κ3) is 32.8. The molecule has 2 nitrogen and oxygen atoms in total. The zero-order chi connectivity index (χ0) is 26.5. The van der Waals surface area contributed by atoms with Crippen LogP contribution in [0.25, 0.3) is 0 Å². The summed E-state index contributed by atoms with van der Waals surface area (Å²) in [6.07, 6.45) is 7.85. The van der Waals surface area contributed by atoms with Crippen LogP contribution in [0.15, 0.2) is 53.4 Å². The van der Waals surface area contributed by atoms with Gasteiger partial charge in [-0.15, -0.1) is 12.6 Å². The predicted octanol–water partition coefficient (Wildman–Crippen LogP) is 9.91. The van der Waals surface area contributed by atoms with E-state index in [9.17, 15) is 0 Å².